The number of anilines is 2. The Hall–Kier alpha value is -6.92. The number of likely N-dealkylation sites (tertiary alicyclic amines) is 1. The van der Waals surface area contributed by atoms with Gasteiger partial charge in [0.25, 0.3) is 11.8 Å². The van der Waals surface area contributed by atoms with Gasteiger partial charge in [-0.3, -0.25) is 24.1 Å². The molecule has 4 aromatic carbocycles. The number of rotatable bonds is 18. The Morgan fingerprint density at radius 3 is 2.41 bits per heavy atom. The number of fused-ring (bicyclic) bond motifs is 1. The van der Waals surface area contributed by atoms with E-state index in [4.69, 9.17) is 26.4 Å². The number of aryl methyl sites for hydroxylation is 1. The summed E-state index contributed by atoms with van der Waals surface area (Å²) in [6, 6.07) is 22.6. The predicted molar refractivity (Wildman–Crippen MR) is 271 cm³/mol. The number of carbonyl (C=O) groups is 4. The molecule has 3 aliphatic rings. The van der Waals surface area contributed by atoms with E-state index in [0.717, 1.165) is 38.7 Å². The van der Waals surface area contributed by atoms with Gasteiger partial charge >= 0.3 is 6.18 Å². The lowest BCUT2D eigenvalue weighted by Crippen LogP contribution is -2.55. The van der Waals surface area contributed by atoms with Crippen molar-refractivity contribution in [1.82, 2.24) is 20.1 Å². The van der Waals surface area contributed by atoms with Crippen molar-refractivity contribution >= 4 is 63.7 Å². The molecule has 8 rings (SSSR count). The molecule has 0 spiro atoms. The number of aromatic nitrogens is 1. The molecule has 0 radical (unpaired) electrons. The molecule has 1 unspecified atom stereocenters. The quantitative estimate of drug-likeness (QED) is 0.0639. The lowest BCUT2D eigenvalue weighted by Gasteiger charge is -2.35. The zero-order valence-electron chi connectivity index (χ0n) is 40.8. The lowest BCUT2D eigenvalue weighted by atomic mass is 10.0. The van der Waals surface area contributed by atoms with Crippen molar-refractivity contribution in [1.29, 1.82) is 5.26 Å². The number of halogens is 3. The van der Waals surface area contributed by atoms with Crippen LogP contribution in [0.1, 0.15) is 78.8 Å². The highest BCUT2D eigenvalue weighted by Gasteiger charge is 2.51. The predicted octanol–water partition coefficient (Wildman–Crippen LogP) is 8.05. The van der Waals surface area contributed by atoms with Crippen LogP contribution in [-0.2, 0) is 38.4 Å². The Kier molecular flexibility index (Phi) is 15.5. The molecule has 15 nitrogen and oxygen atoms in total. The molecule has 0 saturated carbocycles. The molecule has 2 fully saturated rings. The molecule has 5 aromatic rings. The summed E-state index contributed by atoms with van der Waals surface area (Å²) in [5, 5.41) is 23.0. The number of hydrogen-bond acceptors (Lipinski definition) is 12. The van der Waals surface area contributed by atoms with Crippen LogP contribution >= 0.6 is 23.6 Å². The number of ether oxygens (including phenoxy) is 3. The van der Waals surface area contributed by atoms with Crippen LogP contribution < -0.4 is 24.6 Å². The zero-order chi connectivity index (χ0) is 52.4. The number of nitrogens with zero attached hydrogens (tertiary/aromatic N) is 6. The van der Waals surface area contributed by atoms with Crippen LogP contribution in [0.2, 0.25) is 0 Å². The highest BCUT2D eigenvalue weighted by atomic mass is 32.1. The fourth-order valence-corrected chi connectivity index (χ4v) is 10.7. The van der Waals surface area contributed by atoms with E-state index in [9.17, 15) is 42.7 Å². The summed E-state index contributed by atoms with van der Waals surface area (Å²) in [5.41, 5.74) is 3.06. The number of aliphatic hydroxyl groups is 1. The fourth-order valence-electron chi connectivity index (χ4n) is 9.43. The molecule has 3 atom stereocenters. The second-order valence-electron chi connectivity index (χ2n) is 18.8. The first kappa shape index (κ1) is 52.4. The van der Waals surface area contributed by atoms with Gasteiger partial charge in [-0.1, -0.05) is 44.2 Å². The summed E-state index contributed by atoms with van der Waals surface area (Å²) in [5.74, 6) is -0.787. The number of nitriles is 1. The number of aliphatic hydroxyl groups excluding tert-OH is 1. The monoisotopic (exact) mass is 1040 g/mol. The van der Waals surface area contributed by atoms with Gasteiger partial charge in [-0.25, -0.2) is 4.98 Å². The molecular weight excluding hydrogens is 984 g/mol. The topological polar surface area (TPSA) is 178 Å². The molecule has 3 aliphatic heterocycles. The first-order valence-corrected chi connectivity index (χ1v) is 25.0. The van der Waals surface area contributed by atoms with Crippen molar-refractivity contribution in [3.8, 4) is 28.0 Å². The van der Waals surface area contributed by atoms with Gasteiger partial charge < -0.3 is 39.3 Å². The molecule has 2 N–H and O–H groups in total. The van der Waals surface area contributed by atoms with E-state index in [1.165, 1.54) is 22.3 Å². The van der Waals surface area contributed by atoms with E-state index in [2.05, 4.69) is 10.3 Å². The average molecular weight is 1040 g/mol. The van der Waals surface area contributed by atoms with Crippen LogP contribution in [0.15, 0.2) is 90.4 Å². The third kappa shape index (κ3) is 10.9. The number of carbonyl (C=O) groups excluding carboxylic acids is 4. The number of β-amino-alcohol motifs (C(OH)–C–C–N with tert-alkyl or cyclic N) is 1. The van der Waals surface area contributed by atoms with Gasteiger partial charge in [-0.15, -0.1) is 11.3 Å². The molecule has 4 heterocycles. The number of hydrogen-bond donors (Lipinski definition) is 2. The van der Waals surface area contributed by atoms with Crippen molar-refractivity contribution in [2.75, 3.05) is 42.8 Å². The van der Waals surface area contributed by atoms with E-state index in [1.54, 1.807) is 71.6 Å². The Morgan fingerprint density at radius 1 is 0.986 bits per heavy atom. The largest absolute Gasteiger partial charge is 0.493 e. The van der Waals surface area contributed by atoms with Gasteiger partial charge in [-0.05, 0) is 105 Å². The Labute approximate surface area is 430 Å². The number of nitrogens with one attached hydrogen (secondary N) is 1. The van der Waals surface area contributed by atoms with Gasteiger partial charge in [0.1, 0.15) is 35.7 Å². The smallest absolute Gasteiger partial charge is 0.417 e. The Balaban J connectivity index is 0.834. The summed E-state index contributed by atoms with van der Waals surface area (Å²) in [7, 11) is 0. The van der Waals surface area contributed by atoms with Crippen molar-refractivity contribution in [3.05, 3.63) is 124 Å². The second-order valence-corrected chi connectivity index (χ2v) is 20.0. The maximum atomic E-state index is 14.3. The molecule has 0 bridgehead atoms. The van der Waals surface area contributed by atoms with Crippen LogP contribution in [0.25, 0.3) is 10.4 Å². The van der Waals surface area contributed by atoms with Crippen molar-refractivity contribution < 1.29 is 51.7 Å². The molecular formula is C53H54F3N7O8S2. The van der Waals surface area contributed by atoms with Gasteiger partial charge in [0.2, 0.25) is 11.8 Å². The number of alkyl halides is 3. The Morgan fingerprint density at radius 2 is 1.73 bits per heavy atom. The number of thiazole rings is 1. The van der Waals surface area contributed by atoms with Gasteiger partial charge in [-0.2, -0.15) is 18.4 Å². The minimum Gasteiger partial charge on any atom is -0.493 e. The van der Waals surface area contributed by atoms with E-state index in [1.807, 2.05) is 51.1 Å². The summed E-state index contributed by atoms with van der Waals surface area (Å²) in [4.78, 5) is 66.2. The molecule has 4 amide bonds. The number of thiocarbonyl (C=S) groups is 1. The maximum absolute atomic E-state index is 14.3. The zero-order valence-corrected chi connectivity index (χ0v) is 42.4. The minimum absolute atomic E-state index is 0.0207. The average Bonchev–Trinajstić information content (AvgIpc) is 4.10. The van der Waals surface area contributed by atoms with Crippen LogP contribution in [0, 0.1) is 24.2 Å². The Bertz CT molecular complexity index is 2960. The molecule has 73 heavy (non-hydrogen) atoms. The molecule has 1 aromatic heterocycles. The van der Waals surface area contributed by atoms with Crippen molar-refractivity contribution in [2.45, 2.75) is 90.5 Å². The molecule has 382 valence electrons. The summed E-state index contributed by atoms with van der Waals surface area (Å²) in [6.45, 7) is 10.3. The third-order valence-corrected chi connectivity index (χ3v) is 14.4. The lowest BCUT2D eigenvalue weighted by molar-refractivity contribution is -0.143. The van der Waals surface area contributed by atoms with E-state index >= 15 is 0 Å². The second kappa shape index (κ2) is 21.7. The van der Waals surface area contributed by atoms with E-state index in [0.29, 0.717) is 41.3 Å². The van der Waals surface area contributed by atoms with Gasteiger partial charge in [0, 0.05) is 55.9 Å². The highest BCUT2D eigenvalue weighted by Crippen LogP contribution is 2.40. The highest BCUT2D eigenvalue weighted by molar-refractivity contribution is 7.81. The molecule has 2 saturated heterocycles. The standard InChI is InChI=1S/C53H54F3N7O8S2/c1-31(2)45(61-28-36-9-6-7-10-41(36)48(61)66)49(67)60-29-39(64)25-43(60)47(65)58-27-35-12-11-33(46-32(3)59-30-73-46)23-44(35)71-20-8-19-69-21-22-70-40-17-15-37(16-18-40)63-51(72)62(50(68)52(63,4)5)38-14-13-34(26-57)42(24-38)53(54,55)56/h6-7,9-18,23-24,30-31,39,43,45,64H,8,19-22,25,27-29H2,1-5H3,(H,58,65)/t39-,43+,45?/m1/s1. The first-order valence-electron chi connectivity index (χ1n) is 23.7. The van der Waals surface area contributed by atoms with Crippen LogP contribution in [0.4, 0.5) is 24.5 Å². The van der Waals surface area contributed by atoms with Crippen LogP contribution in [0.3, 0.4) is 0 Å². The van der Waals surface area contributed by atoms with Gasteiger partial charge in [0.15, 0.2) is 5.11 Å². The van der Waals surface area contributed by atoms with Crippen molar-refractivity contribution in [2.24, 2.45) is 5.92 Å². The fraction of sp³-hybridized carbons (Fsp3) is 0.377. The summed E-state index contributed by atoms with van der Waals surface area (Å²) < 4.78 is 59.4. The number of amides is 4. The number of benzene rings is 4. The first-order chi connectivity index (χ1) is 34.8. The van der Waals surface area contributed by atoms with Crippen LogP contribution in [0.5, 0.6) is 11.5 Å². The third-order valence-electron chi connectivity index (χ3n) is 13.1. The normalized spacial score (nSPS) is 17.8. The summed E-state index contributed by atoms with van der Waals surface area (Å²) >= 11 is 7.15. The van der Waals surface area contributed by atoms with E-state index < -0.39 is 52.8 Å². The molecule has 0 aliphatic carbocycles. The SMILES string of the molecule is Cc1ncsc1-c1ccc(CNC(=O)[C@@H]2C[C@@H](O)CN2C(=O)C(C(C)C)N2Cc3ccccc3C2=O)c(OCCCOCCOc2ccc(N3C(=S)N(c4ccc(C#N)c(C(F)(F)F)c4)C(=O)C3(C)C)cc2)c1. The molecule has 20 heteroatoms. The summed E-state index contributed by atoms with van der Waals surface area (Å²) in [6.07, 6.45) is -5.15. The van der Waals surface area contributed by atoms with E-state index in [-0.39, 0.29) is 74.4 Å². The minimum atomic E-state index is -4.81. The van der Waals surface area contributed by atoms with Crippen molar-refractivity contribution in [3.63, 3.8) is 0 Å². The van der Waals surface area contributed by atoms with Gasteiger partial charge in [0.05, 0.1) is 58.3 Å². The maximum Gasteiger partial charge on any atom is 0.417 e. The van der Waals surface area contributed by atoms with Crippen LogP contribution in [-0.4, -0.2) is 105 Å².